The molecule has 1 aromatic carbocycles. The Balaban J connectivity index is 1.79. The van der Waals surface area contributed by atoms with Crippen LogP contribution >= 0.6 is 34.4 Å². The lowest BCUT2D eigenvalue weighted by Crippen LogP contribution is -2.35. The number of thioether (sulfide) groups is 1. The molecule has 1 saturated heterocycles. The van der Waals surface area contributed by atoms with Crippen molar-refractivity contribution in [1.29, 1.82) is 0 Å². The van der Waals surface area contributed by atoms with Crippen molar-refractivity contribution in [3.63, 3.8) is 0 Å². The highest BCUT2D eigenvalue weighted by Gasteiger charge is 2.45. The highest BCUT2D eigenvalue weighted by molar-refractivity contribution is 14.1. The molecule has 130 valence electrons. The summed E-state index contributed by atoms with van der Waals surface area (Å²) < 4.78 is 6.57. The van der Waals surface area contributed by atoms with Crippen LogP contribution in [-0.4, -0.2) is 34.0 Å². The Bertz CT molecular complexity index is 799. The summed E-state index contributed by atoms with van der Waals surface area (Å²) in [6, 6.07) is 13.3. The van der Waals surface area contributed by atoms with Gasteiger partial charge in [-0.2, -0.15) is 0 Å². The zero-order valence-electron chi connectivity index (χ0n) is 14.2. The van der Waals surface area contributed by atoms with Crippen molar-refractivity contribution in [2.75, 3.05) is 12.9 Å². The van der Waals surface area contributed by atoms with Crippen LogP contribution in [-0.2, 0) is 0 Å². The van der Waals surface area contributed by atoms with Gasteiger partial charge in [0.05, 0.1) is 22.4 Å². The first-order chi connectivity index (χ1) is 12.2. The van der Waals surface area contributed by atoms with E-state index >= 15 is 0 Å². The van der Waals surface area contributed by atoms with Gasteiger partial charge in [0, 0.05) is 18.0 Å². The first-order valence-electron chi connectivity index (χ1n) is 8.46. The van der Waals surface area contributed by atoms with Crippen molar-refractivity contribution in [3.8, 4) is 5.75 Å². The summed E-state index contributed by atoms with van der Waals surface area (Å²) >= 11 is 4.22. The van der Waals surface area contributed by atoms with Gasteiger partial charge in [0.25, 0.3) is 0 Å². The zero-order chi connectivity index (χ0) is 17.4. The molecule has 1 fully saturated rings. The molecule has 3 atom stereocenters. The Morgan fingerprint density at radius 3 is 2.88 bits per heavy atom. The maximum Gasteiger partial charge on any atom is 0.160 e. The average molecular weight is 465 g/mol. The van der Waals surface area contributed by atoms with Gasteiger partial charge in [0.1, 0.15) is 11.8 Å². The van der Waals surface area contributed by atoms with Gasteiger partial charge in [0.15, 0.2) is 5.17 Å². The van der Waals surface area contributed by atoms with E-state index in [2.05, 4.69) is 63.7 Å². The van der Waals surface area contributed by atoms with Gasteiger partial charge in [-0.25, -0.2) is 0 Å². The predicted molar refractivity (Wildman–Crippen MR) is 111 cm³/mol. The fraction of sp³-hybridized carbons (Fsp3) is 0.368. The summed E-state index contributed by atoms with van der Waals surface area (Å²) in [5, 5.41) is 1.17. The van der Waals surface area contributed by atoms with Crippen LogP contribution in [0.2, 0.25) is 0 Å². The molecular formula is C19H20IN3OS. The molecule has 0 spiro atoms. The lowest BCUT2D eigenvalue weighted by Gasteiger charge is -2.32. The number of ether oxygens (including phenoxy) is 1. The first kappa shape index (κ1) is 17.1. The van der Waals surface area contributed by atoms with Gasteiger partial charge >= 0.3 is 0 Å². The van der Waals surface area contributed by atoms with Crippen molar-refractivity contribution in [1.82, 2.24) is 9.88 Å². The average Bonchev–Trinajstić information content (AvgIpc) is 3.21. The molecule has 0 bridgehead atoms. The molecule has 3 heterocycles. The number of methoxy groups -OCH3 is 1. The Morgan fingerprint density at radius 2 is 2.20 bits per heavy atom. The SMILES string of the molecule is CC[C@H]1CSC2=N[C@H](c3ccccn3)[C@@H](c3ccc(OC)c(I)c3)N21. The summed E-state index contributed by atoms with van der Waals surface area (Å²) in [5.74, 6) is 2.04. The predicted octanol–water partition coefficient (Wildman–Crippen LogP) is 4.67. The quantitative estimate of drug-likeness (QED) is 0.615. The molecule has 0 unspecified atom stereocenters. The van der Waals surface area contributed by atoms with E-state index in [1.807, 2.05) is 30.1 Å². The van der Waals surface area contributed by atoms with Crippen LogP contribution in [0.25, 0.3) is 0 Å². The number of aliphatic imine (C=N–C) groups is 1. The number of hydrogen-bond acceptors (Lipinski definition) is 5. The van der Waals surface area contributed by atoms with E-state index in [1.165, 1.54) is 10.7 Å². The van der Waals surface area contributed by atoms with Crippen molar-refractivity contribution in [2.24, 2.45) is 4.99 Å². The smallest absolute Gasteiger partial charge is 0.160 e. The third kappa shape index (κ3) is 3.03. The number of hydrogen-bond donors (Lipinski definition) is 0. The first-order valence-corrected chi connectivity index (χ1v) is 10.5. The molecule has 2 aromatic rings. The number of benzene rings is 1. The third-order valence-corrected chi connectivity index (χ3v) is 6.82. The van der Waals surface area contributed by atoms with Crippen LogP contribution in [0.1, 0.15) is 36.7 Å². The van der Waals surface area contributed by atoms with Gasteiger partial charge in [-0.05, 0) is 58.8 Å². The van der Waals surface area contributed by atoms with Gasteiger partial charge < -0.3 is 9.64 Å². The van der Waals surface area contributed by atoms with Gasteiger partial charge in [-0.1, -0.05) is 30.8 Å². The molecule has 6 heteroatoms. The summed E-state index contributed by atoms with van der Waals surface area (Å²) in [6.45, 7) is 2.26. The van der Waals surface area contributed by atoms with E-state index in [-0.39, 0.29) is 12.1 Å². The molecule has 0 aliphatic carbocycles. The lowest BCUT2D eigenvalue weighted by molar-refractivity contribution is 0.255. The van der Waals surface area contributed by atoms with E-state index in [4.69, 9.17) is 9.73 Å². The van der Waals surface area contributed by atoms with Crippen molar-refractivity contribution in [3.05, 3.63) is 57.4 Å². The highest BCUT2D eigenvalue weighted by atomic mass is 127. The zero-order valence-corrected chi connectivity index (χ0v) is 17.2. The number of halogens is 1. The molecule has 0 N–H and O–H groups in total. The Morgan fingerprint density at radius 1 is 1.32 bits per heavy atom. The van der Waals surface area contributed by atoms with Crippen LogP contribution in [0.4, 0.5) is 0 Å². The van der Waals surface area contributed by atoms with E-state index in [0.717, 1.165) is 27.2 Å². The molecule has 2 aliphatic rings. The molecule has 25 heavy (non-hydrogen) atoms. The summed E-state index contributed by atoms with van der Waals surface area (Å²) in [5.41, 5.74) is 2.32. The van der Waals surface area contributed by atoms with E-state index in [9.17, 15) is 0 Å². The Labute approximate surface area is 166 Å². The molecule has 0 radical (unpaired) electrons. The minimum absolute atomic E-state index is 0.0437. The van der Waals surface area contributed by atoms with Crippen LogP contribution in [0.5, 0.6) is 5.75 Å². The van der Waals surface area contributed by atoms with Crippen LogP contribution in [0.3, 0.4) is 0 Å². The summed E-state index contributed by atoms with van der Waals surface area (Å²) in [4.78, 5) is 12.2. The molecule has 4 nitrogen and oxygen atoms in total. The molecule has 0 amide bonds. The van der Waals surface area contributed by atoms with E-state index < -0.39 is 0 Å². The molecule has 1 aromatic heterocycles. The number of nitrogens with zero attached hydrogens (tertiary/aromatic N) is 3. The summed E-state index contributed by atoms with van der Waals surface area (Å²) in [6.07, 6.45) is 2.99. The van der Waals surface area contributed by atoms with Crippen molar-refractivity contribution < 1.29 is 4.74 Å². The Kier molecular flexibility index (Phi) is 4.90. The minimum atomic E-state index is 0.0437. The van der Waals surface area contributed by atoms with Gasteiger partial charge in [0.2, 0.25) is 0 Å². The second-order valence-corrected chi connectivity index (χ2v) is 8.38. The monoisotopic (exact) mass is 465 g/mol. The fourth-order valence-electron chi connectivity index (χ4n) is 3.58. The maximum absolute atomic E-state index is 5.44. The fourth-order valence-corrected chi connectivity index (χ4v) is 5.67. The number of fused-ring (bicyclic) bond motifs is 1. The molecule has 2 aliphatic heterocycles. The van der Waals surface area contributed by atoms with Crippen LogP contribution < -0.4 is 4.74 Å². The molecule has 4 rings (SSSR count). The number of rotatable bonds is 4. The minimum Gasteiger partial charge on any atom is -0.496 e. The van der Waals surface area contributed by atoms with Gasteiger partial charge in [-0.3, -0.25) is 9.98 Å². The van der Waals surface area contributed by atoms with Crippen LogP contribution in [0, 0.1) is 3.57 Å². The summed E-state index contributed by atoms with van der Waals surface area (Å²) in [7, 11) is 1.72. The van der Waals surface area contributed by atoms with E-state index in [0.29, 0.717) is 6.04 Å². The topological polar surface area (TPSA) is 37.7 Å². The number of aromatic nitrogens is 1. The van der Waals surface area contributed by atoms with Crippen molar-refractivity contribution in [2.45, 2.75) is 31.5 Å². The van der Waals surface area contributed by atoms with Gasteiger partial charge in [-0.15, -0.1) is 0 Å². The van der Waals surface area contributed by atoms with Crippen molar-refractivity contribution >= 4 is 39.5 Å². The van der Waals surface area contributed by atoms with E-state index in [1.54, 1.807) is 7.11 Å². The van der Waals surface area contributed by atoms with Crippen LogP contribution in [0.15, 0.2) is 47.6 Å². The second kappa shape index (κ2) is 7.15. The maximum atomic E-state index is 5.44. The highest BCUT2D eigenvalue weighted by Crippen LogP contribution is 2.48. The second-order valence-electron chi connectivity index (χ2n) is 6.23. The standard InChI is InChI=1S/C19H20IN3OS/c1-3-13-11-25-19-22-17(15-6-4-5-9-21-15)18(23(13)19)12-7-8-16(24-2)14(20)10-12/h4-10,13,17-18H,3,11H2,1-2H3/t13-,17+,18+/m0/s1. The number of pyridine rings is 1. The number of amidine groups is 1. The third-order valence-electron chi connectivity index (χ3n) is 4.85. The molecule has 0 saturated carbocycles. The lowest BCUT2D eigenvalue weighted by atomic mass is 9.95. The molecular weight excluding hydrogens is 445 g/mol. The largest absolute Gasteiger partial charge is 0.496 e. The Hall–Kier alpha value is -1.28. The normalized spacial score (nSPS) is 25.0.